The van der Waals surface area contributed by atoms with Crippen LogP contribution < -0.4 is 20.9 Å². The summed E-state index contributed by atoms with van der Waals surface area (Å²) in [6.07, 6.45) is 0.436. The van der Waals surface area contributed by atoms with Gasteiger partial charge in [-0.1, -0.05) is 54.6 Å². The average Bonchev–Trinajstić information content (AvgIpc) is 3.33. The fraction of sp³-hybridized carbons (Fsp3) is 0.120. The second kappa shape index (κ2) is 10.2. The Morgan fingerprint density at radius 1 is 0.939 bits per heavy atom. The van der Waals surface area contributed by atoms with Crippen LogP contribution in [0.2, 0.25) is 0 Å². The van der Waals surface area contributed by atoms with Gasteiger partial charge in [0.2, 0.25) is 10.0 Å². The molecule has 33 heavy (non-hydrogen) atoms. The SMILES string of the molecule is NC(Cc1cc(NCc2cccs2)c(Oc2ccccc2)c(S(N)(=O)=O)c1)c1ccccc1. The molecule has 0 fully saturated rings. The van der Waals surface area contributed by atoms with Crippen LogP contribution in [0.4, 0.5) is 5.69 Å². The van der Waals surface area contributed by atoms with Crippen molar-refractivity contribution in [3.05, 3.63) is 106 Å². The summed E-state index contributed by atoms with van der Waals surface area (Å²) in [4.78, 5) is 1.02. The van der Waals surface area contributed by atoms with E-state index >= 15 is 0 Å². The second-order valence-corrected chi connectivity index (χ2v) is 10.1. The third-order valence-electron chi connectivity index (χ3n) is 5.10. The van der Waals surface area contributed by atoms with E-state index in [1.807, 2.05) is 72.1 Å². The van der Waals surface area contributed by atoms with Crippen LogP contribution in [-0.2, 0) is 23.0 Å². The van der Waals surface area contributed by atoms with E-state index in [0.717, 1.165) is 16.0 Å². The molecule has 1 aromatic heterocycles. The number of ether oxygens (including phenoxy) is 1. The summed E-state index contributed by atoms with van der Waals surface area (Å²) < 4.78 is 31.2. The molecule has 4 aromatic rings. The maximum absolute atomic E-state index is 12.6. The Labute approximate surface area is 197 Å². The Bertz CT molecular complexity index is 1290. The van der Waals surface area contributed by atoms with Gasteiger partial charge in [0.05, 0.1) is 5.69 Å². The minimum absolute atomic E-state index is 0.0854. The molecular weight excluding hydrogens is 454 g/mol. The Balaban J connectivity index is 1.75. The van der Waals surface area contributed by atoms with Gasteiger partial charge >= 0.3 is 0 Å². The van der Waals surface area contributed by atoms with E-state index in [9.17, 15) is 8.42 Å². The summed E-state index contributed by atoms with van der Waals surface area (Å²) in [5.74, 6) is 0.674. The molecule has 4 rings (SSSR count). The summed E-state index contributed by atoms with van der Waals surface area (Å²) >= 11 is 1.61. The quantitative estimate of drug-likeness (QED) is 0.312. The molecule has 6 nitrogen and oxygen atoms in total. The molecule has 0 aliphatic rings. The number of hydrogen-bond donors (Lipinski definition) is 3. The van der Waals surface area contributed by atoms with Crippen molar-refractivity contribution in [2.24, 2.45) is 10.9 Å². The lowest BCUT2D eigenvalue weighted by Crippen LogP contribution is -2.17. The highest BCUT2D eigenvalue weighted by Crippen LogP contribution is 2.38. The standard InChI is InChI=1S/C25H25N3O3S2/c26-22(19-8-3-1-4-9-19)14-18-15-23(28-17-21-12-7-13-32-21)25(24(16-18)33(27,29)30)31-20-10-5-2-6-11-20/h1-13,15-16,22,28H,14,17,26H2,(H2,27,29,30). The van der Waals surface area contributed by atoms with Crippen LogP contribution in [0, 0.1) is 0 Å². The summed E-state index contributed by atoms with van der Waals surface area (Å²) in [7, 11) is -4.07. The molecule has 1 atom stereocenters. The Morgan fingerprint density at radius 2 is 1.64 bits per heavy atom. The zero-order valence-electron chi connectivity index (χ0n) is 17.8. The van der Waals surface area contributed by atoms with E-state index in [1.54, 1.807) is 29.5 Å². The lowest BCUT2D eigenvalue weighted by Gasteiger charge is -2.19. The van der Waals surface area contributed by atoms with Crippen LogP contribution in [0.1, 0.15) is 22.0 Å². The molecule has 0 amide bonds. The van der Waals surface area contributed by atoms with Crippen LogP contribution in [-0.4, -0.2) is 8.42 Å². The van der Waals surface area contributed by atoms with Crippen molar-refractivity contribution in [3.63, 3.8) is 0 Å². The molecule has 170 valence electrons. The predicted molar refractivity (Wildman–Crippen MR) is 133 cm³/mol. The molecule has 0 aliphatic carbocycles. The first-order valence-corrected chi connectivity index (χ1v) is 12.8. The molecule has 0 radical (unpaired) electrons. The number of thiophene rings is 1. The molecule has 8 heteroatoms. The van der Waals surface area contributed by atoms with E-state index < -0.39 is 10.0 Å². The van der Waals surface area contributed by atoms with Gasteiger partial charge in [-0.2, -0.15) is 0 Å². The number of primary sulfonamides is 1. The largest absolute Gasteiger partial charge is 0.454 e. The predicted octanol–water partition coefficient (Wildman–Crippen LogP) is 5.04. The van der Waals surface area contributed by atoms with Crippen LogP contribution in [0.5, 0.6) is 11.5 Å². The van der Waals surface area contributed by atoms with Gasteiger partial charge in [-0.05, 0) is 53.3 Å². The van der Waals surface area contributed by atoms with E-state index in [0.29, 0.717) is 24.4 Å². The number of nitrogens with one attached hydrogen (secondary N) is 1. The highest BCUT2D eigenvalue weighted by atomic mass is 32.2. The highest BCUT2D eigenvalue weighted by molar-refractivity contribution is 7.89. The van der Waals surface area contributed by atoms with E-state index in [4.69, 9.17) is 15.6 Å². The zero-order valence-corrected chi connectivity index (χ0v) is 19.5. The molecule has 3 aromatic carbocycles. The maximum Gasteiger partial charge on any atom is 0.241 e. The lowest BCUT2D eigenvalue weighted by molar-refractivity contribution is 0.468. The lowest BCUT2D eigenvalue weighted by atomic mass is 9.99. The minimum atomic E-state index is -4.07. The fourth-order valence-corrected chi connectivity index (χ4v) is 4.87. The molecule has 0 bridgehead atoms. The molecule has 1 heterocycles. The van der Waals surface area contributed by atoms with E-state index in [2.05, 4.69) is 5.32 Å². The van der Waals surface area contributed by atoms with Crippen LogP contribution in [0.15, 0.2) is 95.2 Å². The topological polar surface area (TPSA) is 107 Å². The van der Waals surface area contributed by atoms with Gasteiger partial charge in [-0.15, -0.1) is 11.3 Å². The molecule has 0 spiro atoms. The van der Waals surface area contributed by atoms with Crippen LogP contribution in [0.3, 0.4) is 0 Å². The summed E-state index contributed by atoms with van der Waals surface area (Å²) in [5, 5.41) is 10.9. The van der Waals surface area contributed by atoms with Crippen molar-refractivity contribution in [2.45, 2.75) is 23.9 Å². The first-order valence-electron chi connectivity index (χ1n) is 10.4. The van der Waals surface area contributed by atoms with Gasteiger partial charge < -0.3 is 15.8 Å². The Kier molecular flexibility index (Phi) is 7.10. The van der Waals surface area contributed by atoms with E-state index in [-0.39, 0.29) is 16.7 Å². The molecule has 0 saturated carbocycles. The van der Waals surface area contributed by atoms with Crippen molar-refractivity contribution >= 4 is 27.0 Å². The molecular formula is C25H25N3O3S2. The van der Waals surface area contributed by atoms with Gasteiger partial charge in [0.1, 0.15) is 10.6 Å². The normalized spacial score (nSPS) is 12.3. The number of sulfonamides is 1. The van der Waals surface area contributed by atoms with Crippen molar-refractivity contribution in [1.82, 2.24) is 0 Å². The second-order valence-electron chi connectivity index (χ2n) is 7.58. The fourth-order valence-electron chi connectivity index (χ4n) is 3.50. The molecule has 0 saturated heterocycles. The number of anilines is 1. The smallest absolute Gasteiger partial charge is 0.241 e. The van der Waals surface area contributed by atoms with Gasteiger partial charge in [0.15, 0.2) is 5.75 Å². The van der Waals surface area contributed by atoms with Crippen molar-refractivity contribution in [3.8, 4) is 11.5 Å². The molecule has 5 N–H and O–H groups in total. The van der Waals surface area contributed by atoms with Crippen LogP contribution >= 0.6 is 11.3 Å². The monoisotopic (exact) mass is 479 g/mol. The Morgan fingerprint density at radius 3 is 2.27 bits per heavy atom. The summed E-state index contributed by atoms with van der Waals surface area (Å²) in [6.45, 7) is 0.515. The summed E-state index contributed by atoms with van der Waals surface area (Å²) in [5.41, 5.74) is 8.66. The number of nitrogens with two attached hydrogens (primary N) is 2. The molecule has 1 unspecified atom stereocenters. The molecule has 0 aliphatic heterocycles. The number of benzene rings is 3. The number of rotatable bonds is 9. The van der Waals surface area contributed by atoms with Gasteiger partial charge in [-0.3, -0.25) is 0 Å². The highest BCUT2D eigenvalue weighted by Gasteiger charge is 2.22. The third-order valence-corrected chi connectivity index (χ3v) is 6.89. The van der Waals surface area contributed by atoms with E-state index in [1.165, 1.54) is 0 Å². The summed E-state index contributed by atoms with van der Waals surface area (Å²) in [6, 6.07) is 25.8. The first kappa shape index (κ1) is 23.0. The third kappa shape index (κ3) is 6.00. The average molecular weight is 480 g/mol. The first-order chi connectivity index (χ1) is 15.9. The van der Waals surface area contributed by atoms with Crippen molar-refractivity contribution in [1.29, 1.82) is 0 Å². The number of hydrogen-bond acceptors (Lipinski definition) is 6. The number of para-hydroxylation sites is 1. The van der Waals surface area contributed by atoms with Gasteiger partial charge in [0, 0.05) is 17.5 Å². The van der Waals surface area contributed by atoms with Gasteiger partial charge in [-0.25, -0.2) is 13.6 Å². The van der Waals surface area contributed by atoms with Gasteiger partial charge in [0.25, 0.3) is 0 Å². The van der Waals surface area contributed by atoms with Crippen LogP contribution in [0.25, 0.3) is 0 Å². The Hall–Kier alpha value is -3.17. The minimum Gasteiger partial charge on any atom is -0.454 e. The zero-order chi connectivity index (χ0) is 23.3. The van der Waals surface area contributed by atoms with Crippen molar-refractivity contribution in [2.75, 3.05) is 5.32 Å². The maximum atomic E-state index is 12.6. The van der Waals surface area contributed by atoms with Crippen molar-refractivity contribution < 1.29 is 13.2 Å².